The summed E-state index contributed by atoms with van der Waals surface area (Å²) in [5.41, 5.74) is 1.39. The molecule has 0 unspecified atom stereocenters. The predicted molar refractivity (Wildman–Crippen MR) is 76.3 cm³/mol. The van der Waals surface area contributed by atoms with Crippen LogP contribution < -0.4 is 4.74 Å². The zero-order chi connectivity index (χ0) is 14.7. The number of alkyl halides is 1. The summed E-state index contributed by atoms with van der Waals surface area (Å²) in [5, 5.41) is 7.75. The lowest BCUT2D eigenvalue weighted by atomic mass is 10.4. The van der Waals surface area contributed by atoms with E-state index in [9.17, 15) is 0 Å². The van der Waals surface area contributed by atoms with Crippen LogP contribution in [0.15, 0.2) is 18.7 Å². The molecule has 3 aromatic rings. The molecular weight excluding hydrogens is 294 g/mol. The van der Waals surface area contributed by atoms with E-state index in [4.69, 9.17) is 16.3 Å². The van der Waals surface area contributed by atoms with E-state index in [1.54, 1.807) is 18.0 Å². The van der Waals surface area contributed by atoms with E-state index < -0.39 is 0 Å². The summed E-state index contributed by atoms with van der Waals surface area (Å²) in [5.74, 6) is 1.82. The molecule has 3 aromatic heterocycles. The molecule has 0 saturated heterocycles. The normalized spacial score (nSPS) is 11.1. The molecule has 0 spiro atoms. The Balaban J connectivity index is 1.99. The Hall–Kier alpha value is -2.22. The standard InChI is InChI=1S/C12H14ClN7O/c1-21-12-10-11(14-8-15-12)20(9(17-10)2-3-13)7-6-19-5-4-16-18-19/h4-5,8H,2-3,6-7H2,1H3. The van der Waals surface area contributed by atoms with Crippen molar-refractivity contribution < 1.29 is 4.74 Å². The van der Waals surface area contributed by atoms with Crippen LogP contribution >= 0.6 is 11.6 Å². The van der Waals surface area contributed by atoms with Gasteiger partial charge in [-0.25, -0.2) is 9.97 Å². The van der Waals surface area contributed by atoms with Crippen molar-refractivity contribution in [3.05, 3.63) is 24.5 Å². The monoisotopic (exact) mass is 307 g/mol. The lowest BCUT2D eigenvalue weighted by Crippen LogP contribution is -2.12. The summed E-state index contributed by atoms with van der Waals surface area (Å²) in [6, 6.07) is 0. The van der Waals surface area contributed by atoms with Gasteiger partial charge in [0.1, 0.15) is 12.2 Å². The minimum absolute atomic E-state index is 0.468. The third kappa shape index (κ3) is 2.66. The maximum absolute atomic E-state index is 5.86. The molecule has 0 atom stereocenters. The fraction of sp³-hybridized carbons (Fsp3) is 0.417. The molecule has 21 heavy (non-hydrogen) atoms. The van der Waals surface area contributed by atoms with Crippen molar-refractivity contribution in [2.24, 2.45) is 0 Å². The molecule has 0 fully saturated rings. The molecule has 110 valence electrons. The molecule has 0 amide bonds. The Morgan fingerprint density at radius 2 is 2.19 bits per heavy atom. The first kappa shape index (κ1) is 13.7. The maximum atomic E-state index is 5.86. The van der Waals surface area contributed by atoms with Crippen molar-refractivity contribution in [1.82, 2.24) is 34.5 Å². The molecule has 3 heterocycles. The Morgan fingerprint density at radius 3 is 2.90 bits per heavy atom. The number of imidazole rings is 1. The van der Waals surface area contributed by atoms with Gasteiger partial charge in [0.25, 0.3) is 0 Å². The van der Waals surface area contributed by atoms with Gasteiger partial charge in [-0.2, -0.15) is 4.98 Å². The van der Waals surface area contributed by atoms with E-state index in [0.717, 1.165) is 11.5 Å². The van der Waals surface area contributed by atoms with E-state index in [2.05, 4.69) is 25.3 Å². The highest BCUT2D eigenvalue weighted by atomic mass is 35.5. The van der Waals surface area contributed by atoms with Gasteiger partial charge in [-0.15, -0.1) is 16.7 Å². The highest BCUT2D eigenvalue weighted by Crippen LogP contribution is 2.22. The highest BCUT2D eigenvalue weighted by Gasteiger charge is 2.15. The van der Waals surface area contributed by atoms with Gasteiger partial charge in [0.15, 0.2) is 11.2 Å². The van der Waals surface area contributed by atoms with Crippen LogP contribution in [0.2, 0.25) is 0 Å². The third-order valence-electron chi connectivity index (χ3n) is 3.11. The van der Waals surface area contributed by atoms with Gasteiger partial charge in [0, 0.05) is 25.0 Å². The summed E-state index contributed by atoms with van der Waals surface area (Å²) >= 11 is 5.86. The van der Waals surface area contributed by atoms with Crippen molar-refractivity contribution in [2.45, 2.75) is 19.5 Å². The molecule has 0 N–H and O–H groups in total. The van der Waals surface area contributed by atoms with Crippen molar-refractivity contribution >= 4 is 22.8 Å². The second-order valence-electron chi connectivity index (χ2n) is 4.34. The minimum atomic E-state index is 0.468. The molecule has 0 aliphatic rings. The van der Waals surface area contributed by atoms with Crippen LogP contribution in [0.1, 0.15) is 5.82 Å². The van der Waals surface area contributed by atoms with Crippen LogP contribution in [0, 0.1) is 0 Å². The van der Waals surface area contributed by atoms with Gasteiger partial charge in [0.05, 0.1) is 19.9 Å². The average Bonchev–Trinajstić information content (AvgIpc) is 3.12. The lowest BCUT2D eigenvalue weighted by Gasteiger charge is -2.07. The van der Waals surface area contributed by atoms with Crippen LogP contribution in [0.3, 0.4) is 0 Å². The Kier molecular flexibility index (Phi) is 3.96. The number of methoxy groups -OCH3 is 1. The summed E-state index contributed by atoms with van der Waals surface area (Å²) in [6.45, 7) is 1.35. The molecule has 0 saturated carbocycles. The van der Waals surface area contributed by atoms with Gasteiger partial charge in [0.2, 0.25) is 5.88 Å². The minimum Gasteiger partial charge on any atom is -0.479 e. The van der Waals surface area contributed by atoms with Gasteiger partial charge < -0.3 is 9.30 Å². The number of aryl methyl sites for hydroxylation is 3. The van der Waals surface area contributed by atoms with E-state index in [-0.39, 0.29) is 0 Å². The zero-order valence-corrected chi connectivity index (χ0v) is 12.2. The molecule has 0 bridgehead atoms. The Labute approximate surface area is 125 Å². The number of hydrogen-bond donors (Lipinski definition) is 0. The van der Waals surface area contributed by atoms with Crippen molar-refractivity contribution in [3.8, 4) is 5.88 Å². The van der Waals surface area contributed by atoms with Crippen LogP contribution in [0.25, 0.3) is 11.2 Å². The first-order valence-electron chi connectivity index (χ1n) is 6.47. The molecule has 9 heteroatoms. The second kappa shape index (κ2) is 6.04. The van der Waals surface area contributed by atoms with Crippen LogP contribution in [0.5, 0.6) is 5.88 Å². The molecule has 0 aliphatic carbocycles. The summed E-state index contributed by atoms with van der Waals surface area (Å²) in [4.78, 5) is 13.0. The van der Waals surface area contributed by atoms with Crippen LogP contribution in [0.4, 0.5) is 0 Å². The van der Waals surface area contributed by atoms with E-state index >= 15 is 0 Å². The SMILES string of the molecule is COc1ncnc2c1nc(CCCl)n2CCn1ccnn1. The van der Waals surface area contributed by atoms with Crippen molar-refractivity contribution in [1.29, 1.82) is 0 Å². The fourth-order valence-electron chi connectivity index (χ4n) is 2.18. The Bertz CT molecular complexity index is 725. The quantitative estimate of drug-likeness (QED) is 0.629. The Morgan fingerprint density at radius 1 is 1.29 bits per heavy atom. The fourth-order valence-corrected chi connectivity index (χ4v) is 2.34. The maximum Gasteiger partial charge on any atom is 0.245 e. The zero-order valence-electron chi connectivity index (χ0n) is 11.5. The molecule has 0 aliphatic heterocycles. The van der Waals surface area contributed by atoms with E-state index in [1.807, 2.05) is 10.8 Å². The van der Waals surface area contributed by atoms with E-state index in [0.29, 0.717) is 36.8 Å². The van der Waals surface area contributed by atoms with Gasteiger partial charge in [-0.3, -0.25) is 4.68 Å². The summed E-state index contributed by atoms with van der Waals surface area (Å²) in [6.07, 6.45) is 5.59. The predicted octanol–water partition coefficient (Wildman–Crippen LogP) is 0.908. The number of rotatable bonds is 6. The second-order valence-corrected chi connectivity index (χ2v) is 4.72. The lowest BCUT2D eigenvalue weighted by molar-refractivity contribution is 0.401. The molecule has 0 aromatic carbocycles. The topological polar surface area (TPSA) is 83.5 Å². The number of aromatic nitrogens is 7. The van der Waals surface area contributed by atoms with Gasteiger partial charge in [-0.05, 0) is 0 Å². The molecular formula is C12H14ClN7O. The van der Waals surface area contributed by atoms with Crippen LogP contribution in [-0.2, 0) is 19.5 Å². The third-order valence-corrected chi connectivity index (χ3v) is 3.30. The molecule has 3 rings (SSSR count). The molecule has 0 radical (unpaired) electrons. The smallest absolute Gasteiger partial charge is 0.245 e. The summed E-state index contributed by atoms with van der Waals surface area (Å²) in [7, 11) is 1.57. The largest absolute Gasteiger partial charge is 0.479 e. The van der Waals surface area contributed by atoms with Crippen LogP contribution in [-0.4, -0.2) is 47.5 Å². The highest BCUT2D eigenvalue weighted by molar-refractivity contribution is 6.17. The van der Waals surface area contributed by atoms with E-state index in [1.165, 1.54) is 6.33 Å². The number of halogens is 1. The number of fused-ring (bicyclic) bond motifs is 1. The van der Waals surface area contributed by atoms with Crippen molar-refractivity contribution in [2.75, 3.05) is 13.0 Å². The van der Waals surface area contributed by atoms with Gasteiger partial charge >= 0.3 is 0 Å². The average molecular weight is 308 g/mol. The molecule has 8 nitrogen and oxygen atoms in total. The van der Waals surface area contributed by atoms with Crippen molar-refractivity contribution in [3.63, 3.8) is 0 Å². The number of nitrogens with zero attached hydrogens (tertiary/aromatic N) is 7. The summed E-state index contributed by atoms with van der Waals surface area (Å²) < 4.78 is 9.01. The number of ether oxygens (including phenoxy) is 1. The number of hydrogen-bond acceptors (Lipinski definition) is 6. The first-order chi connectivity index (χ1) is 10.3. The van der Waals surface area contributed by atoms with Gasteiger partial charge in [-0.1, -0.05) is 5.21 Å². The first-order valence-corrected chi connectivity index (χ1v) is 7.01.